The Labute approximate surface area is 110 Å². The second kappa shape index (κ2) is 7.71. The van der Waals surface area contributed by atoms with Gasteiger partial charge >= 0.3 is 0 Å². The van der Waals surface area contributed by atoms with E-state index in [9.17, 15) is 26.3 Å². The highest BCUT2D eigenvalue weighted by atomic mass is 19.2. The zero-order valence-corrected chi connectivity index (χ0v) is 10.0. The topological polar surface area (TPSA) is 27.7 Å². The fourth-order valence-corrected chi connectivity index (χ4v) is 1.32. The van der Waals surface area contributed by atoms with Crippen LogP contribution >= 0.6 is 0 Å². The first-order valence-electron chi connectivity index (χ1n) is 5.35. The summed E-state index contributed by atoms with van der Waals surface area (Å²) in [6.45, 7) is -5.17. The van der Waals surface area contributed by atoms with E-state index >= 15 is 0 Å². The van der Waals surface area contributed by atoms with E-state index in [-0.39, 0.29) is 0 Å². The summed E-state index contributed by atoms with van der Waals surface area (Å²) in [5.41, 5.74) is 0. The molecule has 9 heteroatoms. The van der Waals surface area contributed by atoms with Crippen LogP contribution < -0.4 is 14.2 Å². The predicted molar refractivity (Wildman–Crippen MR) is 55.9 cm³/mol. The van der Waals surface area contributed by atoms with E-state index in [2.05, 4.69) is 14.2 Å². The molecule has 0 bridgehead atoms. The summed E-state index contributed by atoms with van der Waals surface area (Å²) < 4.78 is 89.8. The summed E-state index contributed by atoms with van der Waals surface area (Å²) in [6, 6.07) is 0. The van der Waals surface area contributed by atoms with Crippen LogP contribution in [0.4, 0.5) is 26.3 Å². The molecule has 1 aromatic carbocycles. The van der Waals surface area contributed by atoms with E-state index in [0.717, 1.165) is 0 Å². The fraction of sp³-hybridized carbons (Fsp3) is 0.455. The van der Waals surface area contributed by atoms with E-state index < -0.39 is 68.1 Å². The van der Waals surface area contributed by atoms with Crippen LogP contribution in [0, 0.1) is 17.5 Å². The summed E-state index contributed by atoms with van der Waals surface area (Å²) in [6.07, 6.45) is 0. The quantitative estimate of drug-likeness (QED) is 0.545. The van der Waals surface area contributed by atoms with Crippen molar-refractivity contribution in [2.75, 3.05) is 33.4 Å². The lowest BCUT2D eigenvalue weighted by Crippen LogP contribution is -2.10. The number of hydrogen-bond acceptors (Lipinski definition) is 3. The fourth-order valence-electron chi connectivity index (χ4n) is 1.32. The Kier molecular flexibility index (Phi) is 6.26. The summed E-state index contributed by atoms with van der Waals surface area (Å²) in [5.74, 6) is -8.68. The van der Waals surface area contributed by atoms with E-state index in [1.165, 1.54) is 0 Å². The number of hydrogen-bond donors (Lipinski definition) is 0. The Bertz CT molecular complexity index is 455. The molecule has 0 radical (unpaired) electrons. The zero-order valence-electron chi connectivity index (χ0n) is 10.0. The number of benzene rings is 1. The van der Waals surface area contributed by atoms with Gasteiger partial charge in [0.15, 0.2) is 5.75 Å². The van der Waals surface area contributed by atoms with E-state index in [0.29, 0.717) is 0 Å². The molecule has 1 rings (SSSR count). The maximum absolute atomic E-state index is 13.8. The van der Waals surface area contributed by atoms with Crippen LogP contribution in [-0.4, -0.2) is 33.4 Å². The molecular formula is C11H10F6O3. The Balaban J connectivity index is 3.30. The Hall–Kier alpha value is -1.80. The first-order chi connectivity index (χ1) is 9.58. The van der Waals surface area contributed by atoms with Crippen LogP contribution in [0.15, 0.2) is 0 Å². The molecule has 0 aliphatic heterocycles. The summed E-state index contributed by atoms with van der Waals surface area (Å²) >= 11 is 0. The van der Waals surface area contributed by atoms with Crippen LogP contribution in [-0.2, 0) is 0 Å². The molecule has 20 heavy (non-hydrogen) atoms. The SMILES string of the molecule is FCCOc1c(F)c(F)c(OCF)c(OCCF)c1F. The van der Waals surface area contributed by atoms with Crippen molar-refractivity contribution < 1.29 is 40.6 Å². The Morgan fingerprint density at radius 2 is 1.05 bits per heavy atom. The van der Waals surface area contributed by atoms with Gasteiger partial charge in [0.1, 0.15) is 26.6 Å². The standard InChI is InChI=1S/C11H10F6O3/c12-1-3-18-9-6(15)7(16)10(20-5-14)11(8(9)17)19-4-2-13/h1-5H2. The molecule has 0 aliphatic carbocycles. The van der Waals surface area contributed by atoms with E-state index in [1.807, 2.05) is 0 Å². The lowest BCUT2D eigenvalue weighted by atomic mass is 10.2. The molecule has 0 heterocycles. The molecule has 0 atom stereocenters. The molecule has 0 aliphatic rings. The lowest BCUT2D eigenvalue weighted by molar-refractivity contribution is 0.161. The first kappa shape index (κ1) is 16.3. The molecule has 3 nitrogen and oxygen atoms in total. The largest absolute Gasteiger partial charge is 0.485 e. The Morgan fingerprint density at radius 1 is 0.600 bits per heavy atom. The van der Waals surface area contributed by atoms with Crippen molar-refractivity contribution in [1.82, 2.24) is 0 Å². The molecule has 0 aromatic heterocycles. The van der Waals surface area contributed by atoms with Gasteiger partial charge in [-0.05, 0) is 0 Å². The van der Waals surface area contributed by atoms with Gasteiger partial charge in [-0.25, -0.2) is 13.2 Å². The van der Waals surface area contributed by atoms with Crippen molar-refractivity contribution in [2.45, 2.75) is 0 Å². The van der Waals surface area contributed by atoms with Gasteiger partial charge in [0.05, 0.1) is 0 Å². The van der Waals surface area contributed by atoms with Crippen molar-refractivity contribution in [3.63, 3.8) is 0 Å². The van der Waals surface area contributed by atoms with Gasteiger partial charge in [-0.15, -0.1) is 0 Å². The van der Waals surface area contributed by atoms with Gasteiger partial charge in [0.2, 0.25) is 35.8 Å². The lowest BCUT2D eigenvalue weighted by Gasteiger charge is -2.15. The van der Waals surface area contributed by atoms with E-state index in [1.54, 1.807) is 0 Å². The molecule has 0 saturated carbocycles. The molecule has 0 spiro atoms. The average Bonchev–Trinajstić information content (AvgIpc) is 2.44. The third kappa shape index (κ3) is 3.40. The minimum absolute atomic E-state index is 0.701. The van der Waals surface area contributed by atoms with Crippen LogP contribution in [0.3, 0.4) is 0 Å². The Morgan fingerprint density at radius 3 is 1.55 bits per heavy atom. The molecular weight excluding hydrogens is 294 g/mol. The highest BCUT2D eigenvalue weighted by molar-refractivity contribution is 5.49. The number of alkyl halides is 3. The minimum Gasteiger partial charge on any atom is -0.485 e. The number of ether oxygens (including phenoxy) is 3. The minimum atomic E-state index is -1.83. The van der Waals surface area contributed by atoms with E-state index in [4.69, 9.17) is 0 Å². The second-order valence-corrected chi connectivity index (χ2v) is 3.26. The normalized spacial score (nSPS) is 10.5. The highest BCUT2D eigenvalue weighted by Crippen LogP contribution is 2.41. The van der Waals surface area contributed by atoms with Crippen molar-refractivity contribution in [3.05, 3.63) is 17.5 Å². The summed E-state index contributed by atoms with van der Waals surface area (Å²) in [5, 5.41) is 0. The molecule has 1 aromatic rings. The second-order valence-electron chi connectivity index (χ2n) is 3.26. The van der Waals surface area contributed by atoms with Gasteiger partial charge in [-0.2, -0.15) is 13.2 Å². The van der Waals surface area contributed by atoms with Gasteiger partial charge in [-0.1, -0.05) is 0 Å². The monoisotopic (exact) mass is 304 g/mol. The summed E-state index contributed by atoms with van der Waals surface area (Å²) in [4.78, 5) is 0. The zero-order chi connectivity index (χ0) is 15.1. The first-order valence-corrected chi connectivity index (χ1v) is 5.35. The van der Waals surface area contributed by atoms with Crippen LogP contribution in [0.1, 0.15) is 0 Å². The van der Waals surface area contributed by atoms with Crippen molar-refractivity contribution in [3.8, 4) is 17.2 Å². The maximum atomic E-state index is 13.8. The van der Waals surface area contributed by atoms with Gasteiger partial charge in [0.25, 0.3) is 0 Å². The van der Waals surface area contributed by atoms with Crippen molar-refractivity contribution >= 4 is 0 Å². The van der Waals surface area contributed by atoms with Crippen LogP contribution in [0.5, 0.6) is 17.2 Å². The number of rotatable bonds is 8. The predicted octanol–water partition coefficient (Wildman–Crippen LogP) is 3.11. The van der Waals surface area contributed by atoms with Crippen LogP contribution in [0.25, 0.3) is 0 Å². The third-order valence-electron chi connectivity index (χ3n) is 2.04. The van der Waals surface area contributed by atoms with Crippen molar-refractivity contribution in [1.29, 1.82) is 0 Å². The van der Waals surface area contributed by atoms with Gasteiger partial charge in [-0.3, -0.25) is 0 Å². The highest BCUT2D eigenvalue weighted by Gasteiger charge is 2.29. The molecule has 0 fully saturated rings. The van der Waals surface area contributed by atoms with Crippen molar-refractivity contribution in [2.24, 2.45) is 0 Å². The smallest absolute Gasteiger partial charge is 0.228 e. The average molecular weight is 304 g/mol. The maximum Gasteiger partial charge on any atom is 0.228 e. The third-order valence-corrected chi connectivity index (χ3v) is 2.04. The molecule has 0 saturated heterocycles. The number of halogens is 6. The molecule has 0 amide bonds. The molecule has 0 N–H and O–H groups in total. The van der Waals surface area contributed by atoms with Gasteiger partial charge in [0, 0.05) is 0 Å². The van der Waals surface area contributed by atoms with Gasteiger partial charge < -0.3 is 14.2 Å². The molecule has 0 unspecified atom stereocenters. The van der Waals surface area contributed by atoms with Crippen LogP contribution in [0.2, 0.25) is 0 Å². The summed E-state index contributed by atoms with van der Waals surface area (Å²) in [7, 11) is 0. The molecule has 114 valence electrons.